The van der Waals surface area contributed by atoms with Gasteiger partial charge in [0, 0.05) is 49.4 Å². The molecule has 0 radical (unpaired) electrons. The number of hydrogen-bond acceptors (Lipinski definition) is 3. The third kappa shape index (κ3) is 6.35. The van der Waals surface area contributed by atoms with Gasteiger partial charge >= 0.3 is 6.03 Å². The Hall–Kier alpha value is -3.27. The van der Waals surface area contributed by atoms with Crippen molar-refractivity contribution in [2.24, 2.45) is 0 Å². The number of halogens is 1. The molecule has 0 aliphatic heterocycles. The molecule has 0 aliphatic rings. The van der Waals surface area contributed by atoms with E-state index in [1.807, 2.05) is 42.6 Å². The van der Waals surface area contributed by atoms with E-state index >= 15 is 0 Å². The molecule has 0 bridgehead atoms. The van der Waals surface area contributed by atoms with Gasteiger partial charge in [0.05, 0.1) is 18.2 Å². The van der Waals surface area contributed by atoms with E-state index in [9.17, 15) is 4.79 Å². The van der Waals surface area contributed by atoms with Gasteiger partial charge in [-0.25, -0.2) is 4.79 Å². The Morgan fingerprint density at radius 1 is 1.19 bits per heavy atom. The summed E-state index contributed by atoms with van der Waals surface area (Å²) in [5, 5.41) is 12.7. The van der Waals surface area contributed by atoms with Crippen molar-refractivity contribution < 1.29 is 9.53 Å². The molecular formula is C24H25ClN4O2. The molecule has 1 aromatic heterocycles. The highest BCUT2D eigenvalue weighted by Crippen LogP contribution is 2.19. The van der Waals surface area contributed by atoms with Crippen LogP contribution in [0.4, 0.5) is 10.5 Å². The number of nitrogens with zero attached hydrogens (tertiary/aromatic N) is 3. The van der Waals surface area contributed by atoms with Gasteiger partial charge < -0.3 is 19.5 Å². The van der Waals surface area contributed by atoms with E-state index in [4.69, 9.17) is 21.6 Å². The van der Waals surface area contributed by atoms with Crippen molar-refractivity contribution >= 4 is 23.3 Å². The quantitative estimate of drug-likeness (QED) is 0.472. The summed E-state index contributed by atoms with van der Waals surface area (Å²) in [6, 6.07) is 20.5. The zero-order chi connectivity index (χ0) is 22.1. The fourth-order valence-corrected chi connectivity index (χ4v) is 3.47. The Bertz CT molecular complexity index is 1060. The first-order valence-electron chi connectivity index (χ1n) is 10.0. The van der Waals surface area contributed by atoms with Gasteiger partial charge in [-0.2, -0.15) is 5.26 Å². The number of urea groups is 1. The predicted molar refractivity (Wildman–Crippen MR) is 122 cm³/mol. The average molecular weight is 437 g/mol. The van der Waals surface area contributed by atoms with Crippen LogP contribution in [0.15, 0.2) is 66.9 Å². The van der Waals surface area contributed by atoms with Gasteiger partial charge in [-0.3, -0.25) is 0 Å². The second-order valence-electron chi connectivity index (χ2n) is 7.11. The van der Waals surface area contributed by atoms with E-state index in [0.29, 0.717) is 48.9 Å². The van der Waals surface area contributed by atoms with Crippen molar-refractivity contribution in [2.75, 3.05) is 25.6 Å². The zero-order valence-corrected chi connectivity index (χ0v) is 18.2. The maximum Gasteiger partial charge on any atom is 0.322 e. The van der Waals surface area contributed by atoms with Crippen molar-refractivity contribution in [3.05, 3.63) is 88.7 Å². The number of hydrogen-bond donors (Lipinski definition) is 1. The van der Waals surface area contributed by atoms with Gasteiger partial charge in [0.15, 0.2) is 0 Å². The van der Waals surface area contributed by atoms with Crippen LogP contribution in [0.2, 0.25) is 5.02 Å². The van der Waals surface area contributed by atoms with E-state index < -0.39 is 0 Å². The summed E-state index contributed by atoms with van der Waals surface area (Å²) in [6.45, 7) is 2.16. The third-order valence-corrected chi connectivity index (χ3v) is 5.25. The summed E-state index contributed by atoms with van der Waals surface area (Å²) in [4.78, 5) is 14.8. The largest absolute Gasteiger partial charge is 0.385 e. The van der Waals surface area contributed by atoms with Crippen molar-refractivity contribution in [2.45, 2.75) is 19.5 Å². The van der Waals surface area contributed by atoms with Crippen LogP contribution >= 0.6 is 11.6 Å². The Labute approximate surface area is 187 Å². The molecule has 3 aromatic rings. The average Bonchev–Trinajstić information content (AvgIpc) is 3.21. The summed E-state index contributed by atoms with van der Waals surface area (Å²) in [5.41, 5.74) is 3.10. The molecule has 1 heterocycles. The summed E-state index contributed by atoms with van der Waals surface area (Å²) >= 11 is 6.32. The number of ether oxygens (including phenoxy) is 1. The molecule has 3 rings (SSSR count). The second kappa shape index (κ2) is 11.2. The summed E-state index contributed by atoms with van der Waals surface area (Å²) in [5.74, 6) is 0. The van der Waals surface area contributed by atoms with Crippen LogP contribution in [0, 0.1) is 11.3 Å². The number of rotatable bonds is 9. The lowest BCUT2D eigenvalue weighted by atomic mass is 10.2. The lowest BCUT2D eigenvalue weighted by Crippen LogP contribution is -2.36. The molecule has 0 saturated carbocycles. The number of carbonyl (C=O) groups is 1. The Balaban J connectivity index is 1.75. The minimum absolute atomic E-state index is 0.225. The van der Waals surface area contributed by atoms with Crippen LogP contribution in [0.25, 0.3) is 0 Å². The van der Waals surface area contributed by atoms with Gasteiger partial charge in [0.25, 0.3) is 0 Å². The highest BCUT2D eigenvalue weighted by atomic mass is 35.5. The third-order valence-electron chi connectivity index (χ3n) is 4.88. The van der Waals surface area contributed by atoms with Crippen molar-refractivity contribution in [1.29, 1.82) is 5.26 Å². The van der Waals surface area contributed by atoms with E-state index in [1.54, 1.807) is 36.3 Å². The molecule has 31 heavy (non-hydrogen) atoms. The molecule has 0 saturated heterocycles. The maximum atomic E-state index is 13.0. The normalized spacial score (nSPS) is 10.5. The highest BCUT2D eigenvalue weighted by molar-refractivity contribution is 6.31. The Kier molecular flexibility index (Phi) is 8.11. The lowest BCUT2D eigenvalue weighted by molar-refractivity contribution is 0.171. The first-order valence-corrected chi connectivity index (χ1v) is 10.4. The van der Waals surface area contributed by atoms with Crippen LogP contribution in [0.3, 0.4) is 0 Å². The molecule has 2 aromatic carbocycles. The standard InChI is InChI=1S/C24H25ClN4O2/c1-31-14-6-13-29(24(30)27-21-9-4-7-19(15-21)16-26)18-22-10-5-12-28(22)17-20-8-2-3-11-23(20)25/h2-5,7-12,15H,6,13-14,17-18H2,1H3,(H,27,30). The van der Waals surface area contributed by atoms with Crippen LogP contribution in [0.1, 0.15) is 23.2 Å². The van der Waals surface area contributed by atoms with E-state index in [-0.39, 0.29) is 6.03 Å². The van der Waals surface area contributed by atoms with E-state index in [0.717, 1.165) is 11.3 Å². The number of amides is 2. The summed E-state index contributed by atoms with van der Waals surface area (Å²) in [6.07, 6.45) is 2.70. The summed E-state index contributed by atoms with van der Waals surface area (Å²) < 4.78 is 7.25. The lowest BCUT2D eigenvalue weighted by Gasteiger charge is -2.24. The van der Waals surface area contributed by atoms with Crippen molar-refractivity contribution in [1.82, 2.24) is 9.47 Å². The molecule has 2 amide bonds. The number of nitrogens with one attached hydrogen (secondary N) is 1. The first-order chi connectivity index (χ1) is 15.1. The maximum absolute atomic E-state index is 13.0. The molecule has 7 heteroatoms. The van der Waals surface area contributed by atoms with Gasteiger partial charge in [0.1, 0.15) is 0 Å². The van der Waals surface area contributed by atoms with E-state index in [1.165, 1.54) is 0 Å². The fraction of sp³-hybridized carbons (Fsp3) is 0.250. The van der Waals surface area contributed by atoms with E-state index in [2.05, 4.69) is 16.0 Å². The minimum atomic E-state index is -0.225. The zero-order valence-electron chi connectivity index (χ0n) is 17.4. The van der Waals surface area contributed by atoms with Crippen LogP contribution in [-0.2, 0) is 17.8 Å². The van der Waals surface area contributed by atoms with Gasteiger partial charge in [-0.15, -0.1) is 0 Å². The number of carbonyl (C=O) groups excluding carboxylic acids is 1. The molecule has 0 unspecified atom stereocenters. The molecule has 0 atom stereocenters. The molecule has 0 fully saturated rings. The van der Waals surface area contributed by atoms with Gasteiger partial charge in [0.2, 0.25) is 0 Å². The van der Waals surface area contributed by atoms with Crippen LogP contribution in [0.5, 0.6) is 0 Å². The number of aromatic nitrogens is 1. The number of anilines is 1. The molecule has 6 nitrogen and oxygen atoms in total. The first kappa shape index (κ1) is 22.4. The summed E-state index contributed by atoms with van der Waals surface area (Å²) in [7, 11) is 1.65. The number of benzene rings is 2. The number of nitriles is 1. The molecule has 0 aliphatic carbocycles. The topological polar surface area (TPSA) is 70.3 Å². The van der Waals surface area contributed by atoms with Crippen molar-refractivity contribution in [3.63, 3.8) is 0 Å². The Morgan fingerprint density at radius 2 is 2.03 bits per heavy atom. The molecule has 1 N–H and O–H groups in total. The second-order valence-corrected chi connectivity index (χ2v) is 7.52. The SMILES string of the molecule is COCCCN(Cc1cccn1Cc1ccccc1Cl)C(=O)Nc1cccc(C#N)c1. The molecule has 0 spiro atoms. The molecular weight excluding hydrogens is 412 g/mol. The predicted octanol–water partition coefficient (Wildman–Crippen LogP) is 5.13. The van der Waals surface area contributed by atoms with Crippen molar-refractivity contribution in [3.8, 4) is 6.07 Å². The Morgan fingerprint density at radius 3 is 2.81 bits per heavy atom. The highest BCUT2D eigenvalue weighted by Gasteiger charge is 2.16. The van der Waals surface area contributed by atoms with Gasteiger partial charge in [-0.05, 0) is 48.4 Å². The number of methoxy groups -OCH3 is 1. The van der Waals surface area contributed by atoms with Crippen LogP contribution in [-0.4, -0.2) is 35.8 Å². The minimum Gasteiger partial charge on any atom is -0.385 e. The monoisotopic (exact) mass is 436 g/mol. The van der Waals surface area contributed by atoms with Gasteiger partial charge in [-0.1, -0.05) is 35.9 Å². The fourth-order valence-electron chi connectivity index (χ4n) is 3.27. The smallest absolute Gasteiger partial charge is 0.322 e. The van der Waals surface area contributed by atoms with Crippen LogP contribution < -0.4 is 5.32 Å². The molecule has 160 valence electrons.